The molecule has 2 aliphatic rings. The monoisotopic (exact) mass is 534 g/mol. The van der Waals surface area contributed by atoms with Gasteiger partial charge < -0.3 is 10.2 Å². The van der Waals surface area contributed by atoms with E-state index in [0.717, 1.165) is 49.3 Å². The van der Waals surface area contributed by atoms with Crippen LogP contribution in [-0.2, 0) is 16.6 Å². The Morgan fingerprint density at radius 1 is 1.17 bits per heavy atom. The number of likely N-dealkylation sites (tertiary alicyclic amines) is 1. The molecular weight excluding hydrogens is 499 g/mol. The van der Waals surface area contributed by atoms with Gasteiger partial charge in [-0.15, -0.1) is 24.0 Å². The summed E-state index contributed by atoms with van der Waals surface area (Å²) in [6, 6.07) is 7.24. The van der Waals surface area contributed by atoms with Crippen molar-refractivity contribution >= 4 is 40.0 Å². The Balaban J connectivity index is 0.00000300. The highest BCUT2D eigenvalue weighted by Crippen LogP contribution is 2.24. The Labute approximate surface area is 193 Å². The molecule has 0 spiro atoms. The molecule has 1 aromatic carbocycles. The van der Waals surface area contributed by atoms with Crippen LogP contribution in [0.25, 0.3) is 0 Å². The molecule has 0 saturated carbocycles. The zero-order valence-electron chi connectivity index (χ0n) is 17.8. The van der Waals surface area contributed by atoms with E-state index < -0.39 is 10.0 Å². The number of nitrogens with zero attached hydrogens (tertiary/aromatic N) is 3. The molecule has 0 aliphatic carbocycles. The summed E-state index contributed by atoms with van der Waals surface area (Å²) in [6.45, 7) is 8.58. The highest BCUT2D eigenvalue weighted by Gasteiger charge is 2.27. The van der Waals surface area contributed by atoms with E-state index in [1.165, 1.54) is 12.8 Å². The summed E-state index contributed by atoms with van der Waals surface area (Å²) in [5.41, 5.74) is 1.06. The van der Waals surface area contributed by atoms with Gasteiger partial charge in [-0.05, 0) is 55.2 Å². The molecule has 3 rings (SSSR count). The molecule has 0 aromatic heterocycles. The lowest BCUT2D eigenvalue weighted by Gasteiger charge is -2.22. The van der Waals surface area contributed by atoms with Gasteiger partial charge in [-0.2, -0.15) is 4.31 Å². The third-order valence-electron chi connectivity index (χ3n) is 5.68. The van der Waals surface area contributed by atoms with E-state index in [2.05, 4.69) is 29.1 Å². The van der Waals surface area contributed by atoms with E-state index in [-0.39, 0.29) is 24.0 Å². The van der Waals surface area contributed by atoms with Crippen molar-refractivity contribution in [2.75, 3.05) is 33.2 Å². The first-order valence-electron chi connectivity index (χ1n) is 10.4. The Morgan fingerprint density at radius 3 is 2.41 bits per heavy atom. The minimum absolute atomic E-state index is 0. The molecule has 2 aliphatic heterocycles. The summed E-state index contributed by atoms with van der Waals surface area (Å²) in [5, 5.41) is 3.43. The first kappa shape index (κ1) is 24.4. The minimum Gasteiger partial charge on any atom is -0.352 e. The second-order valence-corrected chi connectivity index (χ2v) is 10.3. The topological polar surface area (TPSA) is 65.0 Å². The first-order valence-corrected chi connectivity index (χ1v) is 11.9. The summed E-state index contributed by atoms with van der Waals surface area (Å²) >= 11 is 0. The molecule has 0 bridgehead atoms. The fraction of sp³-hybridized carbons (Fsp3) is 0.667. The molecule has 1 aromatic rings. The molecular formula is C21H35IN4O2S. The smallest absolute Gasteiger partial charge is 0.243 e. The minimum atomic E-state index is -3.34. The fourth-order valence-corrected chi connectivity index (χ4v) is 5.77. The molecule has 2 saturated heterocycles. The van der Waals surface area contributed by atoms with Crippen LogP contribution in [0.2, 0.25) is 0 Å². The van der Waals surface area contributed by atoms with Crippen molar-refractivity contribution < 1.29 is 8.42 Å². The van der Waals surface area contributed by atoms with Crippen molar-refractivity contribution in [1.82, 2.24) is 14.5 Å². The first-order chi connectivity index (χ1) is 13.4. The van der Waals surface area contributed by atoms with Crippen LogP contribution in [0.4, 0.5) is 0 Å². The maximum Gasteiger partial charge on any atom is 0.243 e. The molecule has 29 heavy (non-hydrogen) atoms. The number of guanidine groups is 1. The van der Waals surface area contributed by atoms with Gasteiger partial charge in [0.05, 0.1) is 4.90 Å². The molecule has 1 unspecified atom stereocenters. The van der Waals surface area contributed by atoms with Crippen molar-refractivity contribution in [3.05, 3.63) is 29.8 Å². The number of aliphatic imine (C=N–C) groups is 1. The summed E-state index contributed by atoms with van der Waals surface area (Å²) in [7, 11) is -1.52. The van der Waals surface area contributed by atoms with Gasteiger partial charge in [0.25, 0.3) is 0 Å². The third-order valence-corrected chi connectivity index (χ3v) is 7.59. The Hall–Kier alpha value is -0.870. The summed E-state index contributed by atoms with van der Waals surface area (Å²) < 4.78 is 26.8. The van der Waals surface area contributed by atoms with Crippen LogP contribution in [0.1, 0.15) is 45.1 Å². The summed E-state index contributed by atoms with van der Waals surface area (Å²) in [4.78, 5) is 7.16. The van der Waals surface area contributed by atoms with Crippen LogP contribution in [0.3, 0.4) is 0 Å². The molecule has 1 atom stereocenters. The van der Waals surface area contributed by atoms with Crippen LogP contribution in [0.5, 0.6) is 0 Å². The van der Waals surface area contributed by atoms with Crippen molar-refractivity contribution in [3.63, 3.8) is 0 Å². The maximum absolute atomic E-state index is 12.6. The molecule has 6 nitrogen and oxygen atoms in total. The number of benzene rings is 1. The highest BCUT2D eigenvalue weighted by molar-refractivity contribution is 14.0. The lowest BCUT2D eigenvalue weighted by atomic mass is 9.97. The molecule has 2 heterocycles. The van der Waals surface area contributed by atoms with Gasteiger partial charge in [-0.3, -0.25) is 4.99 Å². The number of nitrogens with one attached hydrogen (secondary N) is 1. The number of hydrogen-bond acceptors (Lipinski definition) is 3. The second-order valence-electron chi connectivity index (χ2n) is 8.39. The van der Waals surface area contributed by atoms with Gasteiger partial charge in [-0.1, -0.05) is 26.0 Å². The molecule has 0 radical (unpaired) electrons. The van der Waals surface area contributed by atoms with Crippen molar-refractivity contribution in [2.24, 2.45) is 16.8 Å². The fourth-order valence-electron chi connectivity index (χ4n) is 4.25. The van der Waals surface area contributed by atoms with Gasteiger partial charge in [0.2, 0.25) is 10.0 Å². The van der Waals surface area contributed by atoms with Crippen LogP contribution in [0.15, 0.2) is 34.2 Å². The van der Waals surface area contributed by atoms with Crippen LogP contribution in [0, 0.1) is 11.8 Å². The predicted octanol–water partition coefficient (Wildman–Crippen LogP) is 3.53. The molecule has 0 amide bonds. The molecule has 1 N–H and O–H groups in total. The lowest BCUT2D eigenvalue weighted by Crippen LogP contribution is -2.39. The zero-order valence-corrected chi connectivity index (χ0v) is 20.9. The number of halogens is 1. The van der Waals surface area contributed by atoms with Crippen LogP contribution < -0.4 is 5.32 Å². The molecule has 164 valence electrons. The normalized spacial score (nSPS) is 20.9. The average Bonchev–Trinajstić information content (AvgIpc) is 3.35. The van der Waals surface area contributed by atoms with E-state index in [0.29, 0.717) is 24.5 Å². The average molecular weight is 535 g/mol. The molecule has 2 fully saturated rings. The Kier molecular flexibility index (Phi) is 9.21. The van der Waals surface area contributed by atoms with Crippen molar-refractivity contribution in [3.8, 4) is 0 Å². The van der Waals surface area contributed by atoms with Gasteiger partial charge >= 0.3 is 0 Å². The largest absolute Gasteiger partial charge is 0.352 e. The Bertz CT molecular complexity index is 774. The quantitative estimate of drug-likeness (QED) is 0.345. The Morgan fingerprint density at radius 2 is 1.83 bits per heavy atom. The van der Waals surface area contributed by atoms with E-state index in [1.807, 2.05) is 19.2 Å². The third kappa shape index (κ3) is 6.30. The summed E-state index contributed by atoms with van der Waals surface area (Å²) in [6.07, 6.45) is 4.40. The van der Waals surface area contributed by atoms with Crippen LogP contribution in [-0.4, -0.2) is 56.8 Å². The van der Waals surface area contributed by atoms with Gasteiger partial charge in [0.1, 0.15) is 0 Å². The number of sulfonamides is 1. The van der Waals surface area contributed by atoms with Gasteiger partial charge in [0.15, 0.2) is 5.96 Å². The highest BCUT2D eigenvalue weighted by atomic mass is 127. The van der Waals surface area contributed by atoms with Gasteiger partial charge in [0, 0.05) is 39.8 Å². The number of rotatable bonds is 6. The van der Waals surface area contributed by atoms with E-state index in [1.54, 1.807) is 16.4 Å². The van der Waals surface area contributed by atoms with Gasteiger partial charge in [-0.25, -0.2) is 8.42 Å². The predicted molar refractivity (Wildman–Crippen MR) is 129 cm³/mol. The van der Waals surface area contributed by atoms with Crippen LogP contribution >= 0.6 is 24.0 Å². The SMILES string of the molecule is CN=C(NCc1ccc(S(=O)(=O)N2CCCC2)cc1)N1CCC(CC(C)C)C1.I. The molecule has 8 heteroatoms. The maximum atomic E-state index is 12.6. The standard InChI is InChI=1S/C21H34N4O2S.HI/c1-17(2)14-19-10-13-24(16-19)21(22-3)23-15-18-6-8-20(9-7-18)28(26,27)25-11-4-5-12-25;/h6-9,17,19H,4-5,10-16H2,1-3H3,(H,22,23);1H. The summed E-state index contributed by atoms with van der Waals surface area (Å²) in [5.74, 6) is 2.41. The van der Waals surface area contributed by atoms with E-state index in [9.17, 15) is 8.42 Å². The van der Waals surface area contributed by atoms with E-state index >= 15 is 0 Å². The second kappa shape index (κ2) is 10.9. The van der Waals surface area contributed by atoms with Crippen molar-refractivity contribution in [2.45, 2.75) is 51.0 Å². The lowest BCUT2D eigenvalue weighted by molar-refractivity contribution is 0.403. The van der Waals surface area contributed by atoms with E-state index in [4.69, 9.17) is 0 Å². The number of hydrogen-bond donors (Lipinski definition) is 1. The van der Waals surface area contributed by atoms with Crippen molar-refractivity contribution in [1.29, 1.82) is 0 Å². The zero-order chi connectivity index (χ0) is 20.1.